The van der Waals surface area contributed by atoms with Crippen LogP contribution < -0.4 is 50.8 Å². The number of hydrogen-bond acceptors (Lipinski definition) is 28. The van der Waals surface area contributed by atoms with Gasteiger partial charge in [0.25, 0.3) is 0 Å². The first-order valence-corrected chi connectivity index (χ1v) is 45.1. The van der Waals surface area contributed by atoms with Gasteiger partial charge in [-0.3, -0.25) is 24.9 Å². The number of methoxy groups -OCH3 is 4. The zero-order valence-electron chi connectivity index (χ0n) is 82.9. The molecule has 0 radical (unpaired) electrons. The Balaban J connectivity index is 0.000000723. The zero-order chi connectivity index (χ0) is 96.8. The van der Waals surface area contributed by atoms with Gasteiger partial charge in [0.15, 0.2) is 0 Å². The van der Waals surface area contributed by atoms with E-state index in [1.165, 1.54) is 50.1 Å². The maximum Gasteiger partial charge on any atom is 0.213 e. The number of pyridine rings is 10. The maximum atomic E-state index is 8.62. The summed E-state index contributed by atoms with van der Waals surface area (Å²) in [6, 6.07) is 30.4. The van der Waals surface area contributed by atoms with Crippen LogP contribution >= 0.6 is 0 Å². The molecular formula is C102H160N16O12. The topological polar surface area (TPSA) is 356 Å². The Morgan fingerprint density at radius 2 is 0.523 bits per heavy atom. The molecule has 0 saturated heterocycles. The van der Waals surface area contributed by atoms with E-state index in [2.05, 4.69) is 251 Å². The molecule has 10 rings (SSSR count). The van der Waals surface area contributed by atoms with E-state index in [9.17, 15) is 0 Å². The van der Waals surface area contributed by atoms with Gasteiger partial charge >= 0.3 is 0 Å². The molecule has 0 spiro atoms. The monoisotopic (exact) mass is 1800 g/mol. The molecule has 0 aliphatic rings. The lowest BCUT2D eigenvalue weighted by Crippen LogP contribution is -2.08. The van der Waals surface area contributed by atoms with Crippen LogP contribution in [0.5, 0.6) is 23.3 Å². The average molecular weight is 1800 g/mol. The lowest BCUT2D eigenvalue weighted by atomic mass is 10.1. The van der Waals surface area contributed by atoms with Crippen molar-refractivity contribution in [2.75, 3.05) is 180 Å². The average Bonchev–Trinajstić information content (AvgIpc) is 0.834. The van der Waals surface area contributed by atoms with E-state index in [1.807, 2.05) is 131 Å². The maximum absolute atomic E-state index is 8.62. The molecule has 10 heterocycles. The number of nitrogens with one attached hydrogen (secondary N) is 6. The number of aromatic nitrogens is 10. The summed E-state index contributed by atoms with van der Waals surface area (Å²) in [6.45, 7) is 50.3. The number of hydrogen-bond donors (Lipinski definition) is 10. The van der Waals surface area contributed by atoms with Gasteiger partial charge in [0, 0.05) is 161 Å². The highest BCUT2D eigenvalue weighted by Crippen LogP contribution is 2.25. The van der Waals surface area contributed by atoms with Gasteiger partial charge in [-0.25, -0.2) is 24.9 Å². The SMILES string of the molecule is CC(C)c1ccnc(NCCO)c1.CC(C)c1ccnc(OCCO)c1.CC(C)c1cncc(NCCO)c1.CC(C)c1cncc(OCCO)c1.CNc1cc(C(C)C)ccn1.CNc1cncc(C(C)C)c1.COCCNc1cc(C(C)C)ccn1.COCCNc1cncc(C(C)C)c1.COCCOc1cc(C(C)C)ccn1.COCCOc1cncc(C(C)C)c1. The first kappa shape index (κ1) is 117. The first-order valence-electron chi connectivity index (χ1n) is 45.1. The third-order valence-corrected chi connectivity index (χ3v) is 18.7. The van der Waals surface area contributed by atoms with Crippen LogP contribution in [-0.2, 0) is 18.9 Å². The summed E-state index contributed by atoms with van der Waals surface area (Å²) in [6.07, 6.45) is 27.1. The molecule has 0 bridgehead atoms. The van der Waals surface area contributed by atoms with Crippen LogP contribution in [-0.4, -0.2) is 218 Å². The smallest absolute Gasteiger partial charge is 0.213 e. The van der Waals surface area contributed by atoms with Gasteiger partial charge in [-0.2, -0.15) is 0 Å². The highest BCUT2D eigenvalue weighted by molar-refractivity contribution is 5.46. The minimum atomic E-state index is 0.0214. The van der Waals surface area contributed by atoms with E-state index in [1.54, 1.807) is 65.6 Å². The minimum absolute atomic E-state index is 0.0214. The molecule has 28 nitrogen and oxygen atoms in total. The largest absolute Gasteiger partial charge is 0.490 e. The summed E-state index contributed by atoms with van der Waals surface area (Å²) in [4.78, 5) is 41.2. The van der Waals surface area contributed by atoms with Gasteiger partial charge < -0.3 is 90.2 Å². The molecule has 10 N–H and O–H groups in total. The second kappa shape index (κ2) is 72.9. The second-order valence-electron chi connectivity index (χ2n) is 32.7. The van der Waals surface area contributed by atoms with E-state index in [0.29, 0.717) is 137 Å². The predicted molar refractivity (Wildman–Crippen MR) is 534 cm³/mol. The normalized spacial score (nSPS) is 10.5. The lowest BCUT2D eigenvalue weighted by Gasteiger charge is -2.09. The van der Waals surface area contributed by atoms with Crippen LogP contribution in [0.15, 0.2) is 184 Å². The summed E-state index contributed by atoms with van der Waals surface area (Å²) in [5.74, 6) is 10.6. The highest BCUT2D eigenvalue weighted by atomic mass is 16.5. The van der Waals surface area contributed by atoms with Crippen molar-refractivity contribution in [1.29, 1.82) is 0 Å². The molecule has 0 aromatic carbocycles. The fraction of sp³-hybridized carbons (Fsp3) is 0.510. The van der Waals surface area contributed by atoms with E-state index < -0.39 is 0 Å². The third-order valence-electron chi connectivity index (χ3n) is 18.7. The Morgan fingerprint density at radius 1 is 0.246 bits per heavy atom. The van der Waals surface area contributed by atoms with Crippen molar-refractivity contribution in [1.82, 2.24) is 49.8 Å². The van der Waals surface area contributed by atoms with Crippen LogP contribution in [0.3, 0.4) is 0 Å². The number of ether oxygens (including phenoxy) is 8. The van der Waals surface area contributed by atoms with E-state index in [0.717, 1.165) is 64.7 Å². The van der Waals surface area contributed by atoms with Crippen molar-refractivity contribution in [3.8, 4) is 23.3 Å². The van der Waals surface area contributed by atoms with E-state index in [-0.39, 0.29) is 26.4 Å². The van der Waals surface area contributed by atoms with E-state index in [4.69, 9.17) is 58.3 Å². The Kier molecular flexibility index (Phi) is 65.7. The zero-order valence-corrected chi connectivity index (χ0v) is 82.9. The summed E-state index contributed by atoms with van der Waals surface area (Å²) >= 11 is 0. The van der Waals surface area contributed by atoms with Gasteiger partial charge in [-0.05, 0) is 194 Å². The van der Waals surface area contributed by atoms with Crippen molar-refractivity contribution in [2.45, 2.75) is 198 Å². The van der Waals surface area contributed by atoms with Gasteiger partial charge in [-0.1, -0.05) is 138 Å². The Morgan fingerprint density at radius 3 is 0.877 bits per heavy atom. The van der Waals surface area contributed by atoms with Crippen LogP contribution in [0.1, 0.15) is 253 Å². The van der Waals surface area contributed by atoms with E-state index >= 15 is 0 Å². The Hall–Kier alpha value is -10.8. The molecule has 10 aromatic rings. The predicted octanol–water partition coefficient (Wildman–Crippen LogP) is 19.9. The van der Waals surface area contributed by atoms with Crippen LogP contribution in [0.2, 0.25) is 0 Å². The fourth-order valence-electron chi connectivity index (χ4n) is 10.5. The number of rotatable bonds is 40. The van der Waals surface area contributed by atoms with Gasteiger partial charge in [0.1, 0.15) is 55.4 Å². The molecule has 130 heavy (non-hydrogen) atoms. The molecule has 0 amide bonds. The standard InChI is InChI=1S/2C11H18N2O.2C11H17NO2.2C10H16N2O.2C10H15NO2.2C9H14N2/c1-9(2)10-6-11(8-12-7-10)13-4-5-14-3;1-9(2)10-4-5-12-11(8-10)13-6-7-14-3;1-9(2)10-6-11(8-12-7-10)14-5-4-13-3;1-9(2)10-4-5-12-11(8-10)14-7-6-13-3;1-8(2)9-5-10(7-11-6-9)12-3-4-13;1-8(2)9-3-4-11-10(7-9)12-5-6-13;1-8(2)9-5-10(7-11-6-9)13-4-3-12;1-8(2)9-3-4-11-10(7-9)13-6-5-12;1-7(2)8-4-9(10-3)6-11-5-8;1-7(2)8-4-5-11-9(6-8)10-3/h6-9,13H,4-5H2,1-3H3;4-5,8-9H,6-7H2,1-3H3,(H,12,13);6-9H,4-5H2,1-3H3;4-5,8-9H,6-7H2,1-3H3;5-8,12-13H,3-4H2,1-2H3;3-4,7-8,13H,5-6H2,1-2H3,(H,11,12);5-8,12H,3-4H2,1-2H3;3-4,7-8,12H,5-6H2,1-2H3;4-7,10H,1-3H3;4-7H,1-3H3,(H,10,11). The molecule has 0 aliphatic heterocycles. The van der Waals surface area contributed by atoms with Crippen LogP contribution in [0.4, 0.5) is 34.5 Å². The summed E-state index contributed by atoms with van der Waals surface area (Å²) in [5.41, 5.74) is 15.5. The van der Waals surface area contributed by atoms with Crippen molar-refractivity contribution in [3.05, 3.63) is 240 Å². The van der Waals surface area contributed by atoms with Gasteiger partial charge in [0.05, 0.1) is 82.3 Å². The first-order chi connectivity index (χ1) is 62.4. The minimum Gasteiger partial charge on any atom is -0.490 e. The molecule has 10 aromatic heterocycles. The second-order valence-corrected chi connectivity index (χ2v) is 32.7. The Labute approximate surface area is 779 Å². The third kappa shape index (κ3) is 55.3. The molecule has 0 unspecified atom stereocenters. The van der Waals surface area contributed by atoms with Crippen molar-refractivity contribution >= 4 is 34.5 Å². The number of anilines is 6. The number of aliphatic hydroxyl groups is 4. The Bertz CT molecular complexity index is 3950. The quantitative estimate of drug-likeness (QED) is 0.0159. The molecule has 720 valence electrons. The number of aliphatic hydroxyl groups excluding tert-OH is 4. The summed E-state index contributed by atoms with van der Waals surface area (Å²) in [7, 11) is 10.5. The highest BCUT2D eigenvalue weighted by Gasteiger charge is 2.10. The molecule has 0 atom stereocenters. The molecule has 0 aliphatic carbocycles. The van der Waals surface area contributed by atoms with Crippen molar-refractivity contribution in [2.24, 2.45) is 0 Å². The number of nitrogens with zero attached hydrogens (tertiary/aromatic N) is 10. The van der Waals surface area contributed by atoms with Crippen molar-refractivity contribution in [3.63, 3.8) is 0 Å². The van der Waals surface area contributed by atoms with Crippen LogP contribution in [0, 0.1) is 0 Å². The van der Waals surface area contributed by atoms with Gasteiger partial charge in [0.2, 0.25) is 11.8 Å². The van der Waals surface area contributed by atoms with Gasteiger partial charge in [-0.15, -0.1) is 0 Å². The van der Waals surface area contributed by atoms with Crippen molar-refractivity contribution < 1.29 is 58.3 Å². The summed E-state index contributed by atoms with van der Waals surface area (Å²) < 4.78 is 41.0. The molecule has 0 fully saturated rings. The molecule has 0 saturated carbocycles. The van der Waals surface area contributed by atoms with Crippen LogP contribution in [0.25, 0.3) is 0 Å². The fourth-order valence-corrected chi connectivity index (χ4v) is 10.5. The summed E-state index contributed by atoms with van der Waals surface area (Å²) in [5, 5.41) is 53.0. The molecule has 28 heteroatoms. The molecular weight excluding hydrogens is 1640 g/mol. The lowest BCUT2D eigenvalue weighted by molar-refractivity contribution is 0.143.